The van der Waals surface area contributed by atoms with E-state index in [2.05, 4.69) is 36.5 Å². The van der Waals surface area contributed by atoms with Crippen molar-refractivity contribution in [1.29, 1.82) is 0 Å². The van der Waals surface area contributed by atoms with Gasteiger partial charge in [-0.05, 0) is 5.57 Å². The molecule has 0 radical (unpaired) electrons. The normalized spacial score (nSPS) is 22.0. The van der Waals surface area contributed by atoms with Gasteiger partial charge in [0.05, 0.1) is 0 Å². The molecule has 2 aliphatic rings. The van der Waals surface area contributed by atoms with Gasteiger partial charge in [-0.3, -0.25) is 0 Å². The van der Waals surface area contributed by atoms with Crippen LogP contribution < -0.4 is 0 Å². The molecule has 0 atom stereocenters. The van der Waals surface area contributed by atoms with Gasteiger partial charge in [0.15, 0.2) is 0 Å². The molecule has 0 bridgehead atoms. The molecular weight excluding hydrogens is 184 g/mol. The third-order valence-corrected chi connectivity index (χ3v) is 4.45. The van der Waals surface area contributed by atoms with E-state index in [-0.39, 0.29) is 0 Å². The Morgan fingerprint density at radius 2 is 1.42 bits per heavy atom. The first kappa shape index (κ1) is 8.27. The van der Waals surface area contributed by atoms with Crippen molar-refractivity contribution in [2.24, 2.45) is 0 Å². The third-order valence-electron chi connectivity index (χ3n) is 1.67. The Hall–Kier alpha value is -0.340. The van der Waals surface area contributed by atoms with Gasteiger partial charge in [-0.15, -0.1) is 23.5 Å². The lowest BCUT2D eigenvalue weighted by molar-refractivity contribution is 1.59. The molecule has 1 heterocycles. The molecule has 0 amide bonds. The molecule has 0 N–H and O–H groups in total. The summed E-state index contributed by atoms with van der Waals surface area (Å²) in [5, 5.41) is 0. The average Bonchev–Trinajstić information content (AvgIpc) is 2.48. The van der Waals surface area contributed by atoms with Gasteiger partial charge >= 0.3 is 0 Å². The van der Waals surface area contributed by atoms with E-state index in [1.165, 1.54) is 21.3 Å². The number of thioether (sulfide) groups is 2. The number of allylic oxidation sites excluding steroid dienone is 7. The third kappa shape index (κ3) is 1.87. The molecule has 62 valence electrons. The summed E-state index contributed by atoms with van der Waals surface area (Å²) in [4.78, 5) is 0. The van der Waals surface area contributed by atoms with Gasteiger partial charge in [0.25, 0.3) is 0 Å². The first-order chi connectivity index (χ1) is 5.97. The molecule has 0 aromatic heterocycles. The van der Waals surface area contributed by atoms with Gasteiger partial charge < -0.3 is 0 Å². The number of hydrogen-bond acceptors (Lipinski definition) is 2. The van der Waals surface area contributed by atoms with Gasteiger partial charge in [0, 0.05) is 15.7 Å². The van der Waals surface area contributed by atoms with Crippen LogP contribution in [0.5, 0.6) is 0 Å². The van der Waals surface area contributed by atoms with E-state index in [0.29, 0.717) is 0 Å². The summed E-state index contributed by atoms with van der Waals surface area (Å²) in [7, 11) is 0. The maximum absolute atomic E-state index is 2.18. The largest absolute Gasteiger partial charge is 0.118 e. The lowest BCUT2D eigenvalue weighted by Gasteiger charge is -1.97. The van der Waals surface area contributed by atoms with E-state index >= 15 is 0 Å². The second-order valence-electron chi connectivity index (χ2n) is 2.54. The Morgan fingerprint density at radius 1 is 0.833 bits per heavy atom. The molecule has 2 rings (SSSR count). The van der Waals surface area contributed by atoms with Crippen LogP contribution in [0.25, 0.3) is 0 Å². The fraction of sp³-hybridized carbons (Fsp3) is 0.200. The number of hydrogen-bond donors (Lipinski definition) is 0. The van der Waals surface area contributed by atoms with Crippen LogP contribution in [0.2, 0.25) is 0 Å². The van der Waals surface area contributed by atoms with Crippen LogP contribution in [0, 0.1) is 0 Å². The Balaban J connectivity index is 2.27. The smallest absolute Gasteiger partial charge is 0.0474 e. The summed E-state index contributed by atoms with van der Waals surface area (Å²) in [6, 6.07) is 0. The van der Waals surface area contributed by atoms with Crippen LogP contribution >= 0.6 is 23.5 Å². The van der Waals surface area contributed by atoms with Crippen LogP contribution in [0.3, 0.4) is 0 Å². The van der Waals surface area contributed by atoms with Crippen LogP contribution in [0.4, 0.5) is 0 Å². The maximum Gasteiger partial charge on any atom is 0.0474 e. The van der Waals surface area contributed by atoms with Crippen molar-refractivity contribution in [3.8, 4) is 0 Å². The van der Waals surface area contributed by atoms with E-state index in [1.807, 2.05) is 23.5 Å². The summed E-state index contributed by atoms with van der Waals surface area (Å²) < 4.78 is 1.48. The van der Waals surface area contributed by atoms with Crippen molar-refractivity contribution in [3.63, 3.8) is 0 Å². The predicted molar refractivity (Wildman–Crippen MR) is 59.4 cm³/mol. The molecule has 0 spiro atoms. The topological polar surface area (TPSA) is 0 Å². The molecule has 0 nitrogen and oxygen atoms in total. The molecule has 1 aliphatic heterocycles. The van der Waals surface area contributed by atoms with Crippen molar-refractivity contribution >= 4 is 23.5 Å². The quantitative estimate of drug-likeness (QED) is 0.580. The first-order valence-electron chi connectivity index (χ1n) is 3.98. The average molecular weight is 194 g/mol. The summed E-state index contributed by atoms with van der Waals surface area (Å²) >= 11 is 3.94. The van der Waals surface area contributed by atoms with Crippen molar-refractivity contribution in [2.75, 3.05) is 11.5 Å². The predicted octanol–water partition coefficient (Wildman–Crippen LogP) is 3.36. The standard InChI is InChI=1S/C10H10S2/c1-2-4-6-9(5-3-1)10-11-7-8-12-10/h1-6H,7-8H2. The fourth-order valence-corrected chi connectivity index (χ4v) is 3.59. The lowest BCUT2D eigenvalue weighted by Crippen LogP contribution is -1.72. The van der Waals surface area contributed by atoms with Crippen molar-refractivity contribution in [3.05, 3.63) is 46.3 Å². The summed E-state index contributed by atoms with van der Waals surface area (Å²) in [5.74, 6) is 2.53. The van der Waals surface area contributed by atoms with Gasteiger partial charge in [-0.1, -0.05) is 36.5 Å². The van der Waals surface area contributed by atoms with Gasteiger partial charge in [-0.2, -0.15) is 0 Å². The second kappa shape index (κ2) is 4.06. The van der Waals surface area contributed by atoms with E-state index in [4.69, 9.17) is 0 Å². The Labute approximate surface area is 81.5 Å². The summed E-state index contributed by atoms with van der Waals surface area (Å²) in [5.41, 5.74) is 1.37. The zero-order valence-corrected chi connectivity index (χ0v) is 8.33. The lowest BCUT2D eigenvalue weighted by atomic mass is 10.3. The van der Waals surface area contributed by atoms with Crippen molar-refractivity contribution < 1.29 is 0 Å². The molecule has 0 aromatic rings. The minimum Gasteiger partial charge on any atom is -0.118 e. The van der Waals surface area contributed by atoms with Crippen molar-refractivity contribution in [2.45, 2.75) is 0 Å². The monoisotopic (exact) mass is 194 g/mol. The van der Waals surface area contributed by atoms with E-state index in [9.17, 15) is 0 Å². The molecule has 0 saturated carbocycles. The molecule has 2 heteroatoms. The van der Waals surface area contributed by atoms with Crippen LogP contribution in [-0.2, 0) is 0 Å². The molecule has 12 heavy (non-hydrogen) atoms. The summed E-state index contributed by atoms with van der Waals surface area (Å²) in [6.07, 6.45) is 12.7. The molecule has 1 aliphatic carbocycles. The van der Waals surface area contributed by atoms with Gasteiger partial charge in [0.2, 0.25) is 0 Å². The van der Waals surface area contributed by atoms with E-state index in [1.54, 1.807) is 0 Å². The Bertz CT molecular complexity index is 256. The molecule has 1 saturated heterocycles. The highest BCUT2D eigenvalue weighted by molar-refractivity contribution is 8.25. The second-order valence-corrected chi connectivity index (χ2v) is 5.01. The first-order valence-corrected chi connectivity index (χ1v) is 5.95. The van der Waals surface area contributed by atoms with E-state index < -0.39 is 0 Å². The fourth-order valence-electron chi connectivity index (χ4n) is 1.12. The zero-order chi connectivity index (χ0) is 8.23. The minimum absolute atomic E-state index is 1.26. The highest BCUT2D eigenvalue weighted by Gasteiger charge is 2.10. The highest BCUT2D eigenvalue weighted by atomic mass is 32.2. The highest BCUT2D eigenvalue weighted by Crippen LogP contribution is 2.39. The SMILES string of the molecule is C1=CC=CC(=C2SCCS2)C=C1. The molecule has 0 aromatic carbocycles. The van der Waals surface area contributed by atoms with Crippen LogP contribution in [0.1, 0.15) is 0 Å². The van der Waals surface area contributed by atoms with Gasteiger partial charge in [-0.25, -0.2) is 0 Å². The van der Waals surface area contributed by atoms with Crippen LogP contribution in [0.15, 0.2) is 46.3 Å². The van der Waals surface area contributed by atoms with E-state index in [0.717, 1.165) is 0 Å². The Morgan fingerprint density at radius 3 is 2.00 bits per heavy atom. The number of rotatable bonds is 0. The molecule has 0 unspecified atom stereocenters. The summed E-state index contributed by atoms with van der Waals surface area (Å²) in [6.45, 7) is 0. The molecule has 1 fully saturated rings. The molecular formula is C10H10S2. The minimum atomic E-state index is 1.26. The zero-order valence-electron chi connectivity index (χ0n) is 6.69. The maximum atomic E-state index is 2.18. The van der Waals surface area contributed by atoms with Gasteiger partial charge in [0.1, 0.15) is 0 Å². The van der Waals surface area contributed by atoms with Crippen molar-refractivity contribution in [1.82, 2.24) is 0 Å². The Kier molecular flexibility index (Phi) is 2.79. The van der Waals surface area contributed by atoms with Crippen LogP contribution in [-0.4, -0.2) is 11.5 Å².